The average molecular weight is 421 g/mol. The van der Waals surface area contributed by atoms with Crippen LogP contribution in [-0.2, 0) is 0 Å². The van der Waals surface area contributed by atoms with E-state index in [-0.39, 0.29) is 0 Å². The van der Waals surface area contributed by atoms with E-state index in [4.69, 9.17) is 0 Å². The second-order valence-corrected chi connectivity index (χ2v) is 8.69. The molecular weight excluding hydrogens is 404 g/mol. The zero-order chi connectivity index (χ0) is 20.8. The molecule has 0 N–H and O–H groups in total. The van der Waals surface area contributed by atoms with E-state index in [1.807, 2.05) is 97.1 Å². The summed E-state index contributed by atoms with van der Waals surface area (Å²) in [5.74, 6) is 0. The molecule has 30 heavy (non-hydrogen) atoms. The predicted octanol–water partition coefficient (Wildman–Crippen LogP) is 7.56. The van der Waals surface area contributed by atoms with Crippen LogP contribution in [0.15, 0.2) is 107 Å². The number of nitriles is 2. The van der Waals surface area contributed by atoms with Crippen LogP contribution in [0.4, 0.5) is 0 Å². The summed E-state index contributed by atoms with van der Waals surface area (Å²) < 4.78 is 0. The van der Waals surface area contributed by atoms with Crippen LogP contribution in [0, 0.1) is 22.7 Å². The summed E-state index contributed by atoms with van der Waals surface area (Å²) in [6, 6.07) is 36.4. The lowest BCUT2D eigenvalue weighted by Crippen LogP contribution is -1.88. The molecule has 0 aromatic heterocycles. The van der Waals surface area contributed by atoms with E-state index in [1.165, 1.54) is 21.6 Å². The van der Waals surface area contributed by atoms with Gasteiger partial charge in [0.15, 0.2) is 0 Å². The van der Waals surface area contributed by atoms with Gasteiger partial charge in [-0.05, 0) is 23.3 Å². The summed E-state index contributed by atoms with van der Waals surface area (Å²) >= 11 is 0. The van der Waals surface area contributed by atoms with Gasteiger partial charge >= 0.3 is 0 Å². The molecule has 4 heteroatoms. The molecule has 0 radical (unpaired) electrons. The van der Waals surface area contributed by atoms with E-state index >= 15 is 0 Å². The first-order valence-electron chi connectivity index (χ1n) is 9.33. The third kappa shape index (κ3) is 4.11. The average Bonchev–Trinajstić information content (AvgIpc) is 2.83. The summed E-state index contributed by atoms with van der Waals surface area (Å²) in [4.78, 5) is 1.77. The lowest BCUT2D eigenvalue weighted by Gasteiger charge is -2.11. The summed E-state index contributed by atoms with van der Waals surface area (Å²) in [5.41, 5.74) is 5.18. The fourth-order valence-corrected chi connectivity index (χ4v) is 5.54. The Morgan fingerprint density at radius 2 is 0.867 bits per heavy atom. The zero-order valence-corrected chi connectivity index (χ0v) is 17.6. The maximum atomic E-state index is 9.83. The molecule has 2 nitrogen and oxygen atoms in total. The van der Waals surface area contributed by atoms with Crippen molar-refractivity contribution in [1.29, 1.82) is 10.5 Å². The van der Waals surface area contributed by atoms with Gasteiger partial charge in [0, 0.05) is 20.9 Å². The van der Waals surface area contributed by atoms with Gasteiger partial charge in [0.05, 0.1) is 11.1 Å². The maximum absolute atomic E-state index is 9.83. The van der Waals surface area contributed by atoms with E-state index in [9.17, 15) is 10.5 Å². The largest absolute Gasteiger partial charge is 0.192 e. The Hall–Kier alpha value is -3.44. The first kappa shape index (κ1) is 19.9. The third-order valence-electron chi connectivity index (χ3n) is 4.67. The molecule has 0 unspecified atom stereocenters. The Labute approximate surface area is 184 Å². The number of hydrogen-bond acceptors (Lipinski definition) is 4. The minimum Gasteiger partial charge on any atom is -0.192 e. The lowest BCUT2D eigenvalue weighted by molar-refractivity contribution is 1.37. The Morgan fingerprint density at radius 1 is 0.467 bits per heavy atom. The lowest BCUT2D eigenvalue weighted by atomic mass is 10.0. The van der Waals surface area contributed by atoms with Gasteiger partial charge in [0.2, 0.25) is 0 Å². The molecule has 0 saturated heterocycles. The molecule has 4 rings (SSSR count). The van der Waals surface area contributed by atoms with E-state index in [0.717, 1.165) is 32.0 Å². The van der Waals surface area contributed by atoms with Crippen LogP contribution in [0.25, 0.3) is 22.3 Å². The van der Waals surface area contributed by atoms with E-state index in [0.29, 0.717) is 11.1 Å². The number of hydrogen-bond donors (Lipinski definition) is 0. The SMILES string of the molecule is N#Cc1c(SSc2cccc(-c3ccccc3)c2C#N)cccc1-c1ccccc1. The van der Waals surface area contributed by atoms with Gasteiger partial charge < -0.3 is 0 Å². The van der Waals surface area contributed by atoms with Crippen LogP contribution in [0.2, 0.25) is 0 Å². The second kappa shape index (κ2) is 9.37. The van der Waals surface area contributed by atoms with Crippen molar-refractivity contribution < 1.29 is 0 Å². The standard InChI is InChI=1S/C26H16N2S2/c27-17-23-21(19-9-3-1-4-10-19)13-7-15-25(23)29-30-26-16-8-14-22(24(26)18-28)20-11-5-2-6-12-20/h1-16H. The van der Waals surface area contributed by atoms with Gasteiger partial charge in [-0.2, -0.15) is 10.5 Å². The van der Waals surface area contributed by atoms with Crippen LogP contribution >= 0.6 is 21.6 Å². The summed E-state index contributed by atoms with van der Waals surface area (Å²) in [7, 11) is 3.02. The molecule has 0 saturated carbocycles. The monoisotopic (exact) mass is 420 g/mol. The second-order valence-electron chi connectivity index (χ2n) is 6.48. The van der Waals surface area contributed by atoms with Gasteiger partial charge in [-0.25, -0.2) is 0 Å². The number of benzene rings is 4. The number of rotatable bonds is 5. The third-order valence-corrected chi connectivity index (χ3v) is 7.12. The van der Waals surface area contributed by atoms with Gasteiger partial charge in [0.1, 0.15) is 12.1 Å². The molecule has 0 spiro atoms. The minimum atomic E-state index is 0.652. The quantitative estimate of drug-likeness (QED) is 0.312. The van der Waals surface area contributed by atoms with Gasteiger partial charge in [-0.3, -0.25) is 0 Å². The van der Waals surface area contributed by atoms with Crippen LogP contribution in [0.3, 0.4) is 0 Å². The van der Waals surface area contributed by atoms with Crippen molar-refractivity contribution in [2.75, 3.05) is 0 Å². The van der Waals surface area contributed by atoms with Crippen LogP contribution in [0.5, 0.6) is 0 Å². The molecule has 0 atom stereocenters. The topological polar surface area (TPSA) is 47.6 Å². The van der Waals surface area contributed by atoms with Crippen molar-refractivity contribution in [2.45, 2.75) is 9.79 Å². The predicted molar refractivity (Wildman–Crippen MR) is 125 cm³/mol. The van der Waals surface area contributed by atoms with Crippen molar-refractivity contribution in [3.05, 3.63) is 108 Å². The molecular formula is C26H16N2S2. The summed E-state index contributed by atoms with van der Waals surface area (Å²) in [6.45, 7) is 0. The highest BCUT2D eigenvalue weighted by atomic mass is 33.1. The molecule has 0 bridgehead atoms. The first-order chi connectivity index (χ1) is 14.8. The normalized spacial score (nSPS) is 10.2. The van der Waals surface area contributed by atoms with Gasteiger partial charge in [-0.15, -0.1) is 0 Å². The molecule has 4 aromatic rings. The van der Waals surface area contributed by atoms with Crippen molar-refractivity contribution >= 4 is 21.6 Å². The molecule has 142 valence electrons. The summed E-state index contributed by atoms with van der Waals surface area (Å²) in [6.07, 6.45) is 0. The van der Waals surface area contributed by atoms with E-state index < -0.39 is 0 Å². The van der Waals surface area contributed by atoms with Crippen LogP contribution in [0.1, 0.15) is 11.1 Å². The zero-order valence-electron chi connectivity index (χ0n) is 15.9. The molecule has 4 aromatic carbocycles. The van der Waals surface area contributed by atoms with Crippen molar-refractivity contribution in [3.63, 3.8) is 0 Å². The Balaban J connectivity index is 1.67. The Kier molecular flexibility index (Phi) is 6.20. The highest BCUT2D eigenvalue weighted by Gasteiger charge is 2.14. The molecule has 0 aliphatic rings. The van der Waals surface area contributed by atoms with Crippen molar-refractivity contribution in [1.82, 2.24) is 0 Å². The minimum absolute atomic E-state index is 0.652. The van der Waals surface area contributed by atoms with Gasteiger partial charge in [0.25, 0.3) is 0 Å². The Bertz CT molecular complexity index is 1150. The smallest absolute Gasteiger partial charge is 0.101 e. The molecule has 0 aliphatic carbocycles. The fourth-order valence-electron chi connectivity index (χ4n) is 3.24. The molecule has 0 heterocycles. The van der Waals surface area contributed by atoms with E-state index in [1.54, 1.807) is 0 Å². The molecule has 0 amide bonds. The van der Waals surface area contributed by atoms with Gasteiger partial charge in [-0.1, -0.05) is 107 Å². The van der Waals surface area contributed by atoms with Crippen LogP contribution < -0.4 is 0 Å². The first-order valence-corrected chi connectivity index (χ1v) is 11.5. The molecule has 0 aliphatic heterocycles. The van der Waals surface area contributed by atoms with Crippen molar-refractivity contribution in [2.24, 2.45) is 0 Å². The fraction of sp³-hybridized carbons (Fsp3) is 0. The molecule has 0 fully saturated rings. The maximum Gasteiger partial charge on any atom is 0.101 e. The van der Waals surface area contributed by atoms with E-state index in [2.05, 4.69) is 12.1 Å². The highest BCUT2D eigenvalue weighted by molar-refractivity contribution is 8.76. The van der Waals surface area contributed by atoms with Crippen LogP contribution in [-0.4, -0.2) is 0 Å². The highest BCUT2D eigenvalue weighted by Crippen LogP contribution is 2.43. The summed E-state index contributed by atoms with van der Waals surface area (Å²) in [5, 5.41) is 19.7. The van der Waals surface area contributed by atoms with Crippen molar-refractivity contribution in [3.8, 4) is 34.4 Å². The number of nitrogens with zero attached hydrogens (tertiary/aromatic N) is 2. The Morgan fingerprint density at radius 3 is 1.23 bits per heavy atom.